The monoisotopic (exact) mass is 211 g/mol. The van der Waals surface area contributed by atoms with E-state index in [1.807, 2.05) is 0 Å². The van der Waals surface area contributed by atoms with E-state index < -0.39 is 5.97 Å². The molecule has 0 spiro atoms. The van der Waals surface area contributed by atoms with Gasteiger partial charge >= 0.3 is 5.97 Å². The summed E-state index contributed by atoms with van der Waals surface area (Å²) in [6, 6.07) is -0.0530. The van der Waals surface area contributed by atoms with Gasteiger partial charge in [0.2, 0.25) is 5.91 Å². The maximum absolute atomic E-state index is 11.9. The Morgan fingerprint density at radius 2 is 2.13 bits per heavy atom. The molecule has 4 heteroatoms. The topological polar surface area (TPSA) is 57.6 Å². The van der Waals surface area contributed by atoms with Crippen LogP contribution in [0.4, 0.5) is 0 Å². The molecule has 0 aromatic carbocycles. The molecule has 0 radical (unpaired) electrons. The van der Waals surface area contributed by atoms with Gasteiger partial charge in [0.05, 0.1) is 6.42 Å². The molecule has 3 unspecified atom stereocenters. The molecule has 0 aromatic rings. The van der Waals surface area contributed by atoms with Gasteiger partial charge in [-0.3, -0.25) is 9.59 Å². The summed E-state index contributed by atoms with van der Waals surface area (Å²) in [6.45, 7) is 2.82. The Bertz CT molecular complexity index is 290. The highest BCUT2D eigenvalue weighted by atomic mass is 16.4. The molecule has 0 bridgehead atoms. The summed E-state index contributed by atoms with van der Waals surface area (Å²) >= 11 is 0. The third-order valence-corrected chi connectivity index (χ3v) is 3.50. The summed E-state index contributed by atoms with van der Waals surface area (Å²) in [7, 11) is 0. The minimum Gasteiger partial charge on any atom is -0.481 e. The molecule has 0 aromatic heterocycles. The van der Waals surface area contributed by atoms with E-state index in [1.165, 1.54) is 0 Å². The summed E-state index contributed by atoms with van der Waals surface area (Å²) in [5, 5.41) is 8.74. The molecule has 2 rings (SSSR count). The van der Waals surface area contributed by atoms with Gasteiger partial charge in [-0.05, 0) is 25.2 Å². The van der Waals surface area contributed by atoms with Crippen molar-refractivity contribution in [1.29, 1.82) is 0 Å². The average Bonchev–Trinajstić information content (AvgIpc) is 2.71. The molecule has 2 fully saturated rings. The Labute approximate surface area is 89.3 Å². The van der Waals surface area contributed by atoms with E-state index in [2.05, 4.69) is 6.92 Å². The smallest absolute Gasteiger partial charge is 0.305 e. The van der Waals surface area contributed by atoms with Crippen molar-refractivity contribution in [1.82, 2.24) is 4.90 Å². The normalized spacial score (nSPS) is 34.2. The molecule has 1 amide bonds. The van der Waals surface area contributed by atoms with Crippen LogP contribution in [-0.2, 0) is 9.59 Å². The largest absolute Gasteiger partial charge is 0.481 e. The number of hydrogen-bond acceptors (Lipinski definition) is 2. The van der Waals surface area contributed by atoms with Crippen molar-refractivity contribution < 1.29 is 14.7 Å². The first-order valence-corrected chi connectivity index (χ1v) is 5.62. The van der Waals surface area contributed by atoms with Crippen LogP contribution < -0.4 is 0 Å². The fraction of sp³-hybridized carbons (Fsp3) is 0.818. The Balaban J connectivity index is 1.95. The molecule has 1 heterocycles. The van der Waals surface area contributed by atoms with E-state index in [1.54, 1.807) is 4.90 Å². The Morgan fingerprint density at radius 1 is 1.47 bits per heavy atom. The Kier molecular flexibility index (Phi) is 2.67. The Hall–Kier alpha value is -1.06. The molecule has 15 heavy (non-hydrogen) atoms. The van der Waals surface area contributed by atoms with Crippen molar-refractivity contribution in [3.8, 4) is 0 Å². The number of nitrogens with zero attached hydrogens (tertiary/aromatic N) is 1. The minimum atomic E-state index is -0.802. The van der Waals surface area contributed by atoms with Crippen LogP contribution in [0.15, 0.2) is 0 Å². The van der Waals surface area contributed by atoms with Crippen LogP contribution in [0, 0.1) is 11.8 Å². The maximum atomic E-state index is 11.9. The van der Waals surface area contributed by atoms with Crippen LogP contribution in [0.1, 0.15) is 32.6 Å². The number of carboxylic acids is 1. The van der Waals surface area contributed by atoms with Gasteiger partial charge in [-0.25, -0.2) is 0 Å². The summed E-state index contributed by atoms with van der Waals surface area (Å²) in [4.78, 5) is 24.4. The molecule has 3 atom stereocenters. The number of amides is 1. The fourth-order valence-electron chi connectivity index (χ4n) is 2.42. The van der Waals surface area contributed by atoms with Crippen molar-refractivity contribution in [2.45, 2.75) is 38.6 Å². The van der Waals surface area contributed by atoms with Gasteiger partial charge in [0.15, 0.2) is 0 Å². The summed E-state index contributed by atoms with van der Waals surface area (Å²) in [5.74, 6) is 0.0674. The second kappa shape index (κ2) is 3.83. The molecule has 4 nitrogen and oxygen atoms in total. The number of likely N-dealkylation sites (tertiary alicyclic amines) is 1. The molecule has 2 aliphatic rings. The van der Waals surface area contributed by atoms with Crippen LogP contribution in [0.25, 0.3) is 0 Å². The highest BCUT2D eigenvalue weighted by molar-refractivity contribution is 5.82. The highest BCUT2D eigenvalue weighted by Crippen LogP contribution is 2.40. The highest BCUT2D eigenvalue weighted by Gasteiger charge is 2.44. The van der Waals surface area contributed by atoms with Crippen LogP contribution in [-0.4, -0.2) is 34.5 Å². The molecule has 1 aliphatic heterocycles. The van der Waals surface area contributed by atoms with Gasteiger partial charge in [0, 0.05) is 18.5 Å². The van der Waals surface area contributed by atoms with E-state index in [4.69, 9.17) is 5.11 Å². The summed E-state index contributed by atoms with van der Waals surface area (Å²) in [5.41, 5.74) is 0. The van der Waals surface area contributed by atoms with E-state index in [-0.39, 0.29) is 24.3 Å². The van der Waals surface area contributed by atoms with E-state index in [0.29, 0.717) is 5.92 Å². The number of hydrogen-bond donors (Lipinski definition) is 1. The van der Waals surface area contributed by atoms with Crippen molar-refractivity contribution in [2.24, 2.45) is 11.8 Å². The SMILES string of the molecule is CC1CC1C(=O)N1CCCC1CC(=O)O. The quantitative estimate of drug-likeness (QED) is 0.760. The van der Waals surface area contributed by atoms with Crippen molar-refractivity contribution >= 4 is 11.9 Å². The van der Waals surface area contributed by atoms with E-state index in [0.717, 1.165) is 25.8 Å². The maximum Gasteiger partial charge on any atom is 0.305 e. The lowest BCUT2D eigenvalue weighted by Crippen LogP contribution is -2.38. The summed E-state index contributed by atoms with van der Waals surface area (Å²) in [6.07, 6.45) is 2.88. The number of aliphatic carboxylic acids is 1. The number of carboxylic acid groups (broad SMARTS) is 1. The first kappa shape index (κ1) is 10.5. The van der Waals surface area contributed by atoms with E-state index >= 15 is 0 Å². The third-order valence-electron chi connectivity index (χ3n) is 3.50. The zero-order chi connectivity index (χ0) is 11.0. The molecule has 1 N–H and O–H groups in total. The third kappa shape index (κ3) is 2.13. The predicted octanol–water partition coefficient (Wildman–Crippen LogP) is 1.11. The zero-order valence-corrected chi connectivity index (χ0v) is 8.98. The lowest BCUT2D eigenvalue weighted by atomic mass is 10.1. The minimum absolute atomic E-state index is 0.0530. The van der Waals surface area contributed by atoms with Gasteiger partial charge < -0.3 is 10.0 Å². The van der Waals surface area contributed by atoms with Gasteiger partial charge in [0.25, 0.3) is 0 Å². The van der Waals surface area contributed by atoms with Crippen molar-refractivity contribution in [3.63, 3.8) is 0 Å². The second-order valence-electron chi connectivity index (χ2n) is 4.75. The van der Waals surface area contributed by atoms with Gasteiger partial charge in [0.1, 0.15) is 0 Å². The summed E-state index contributed by atoms with van der Waals surface area (Å²) < 4.78 is 0. The standard InChI is InChI=1S/C11H17NO3/c1-7-5-9(7)11(15)12-4-2-3-8(12)6-10(13)14/h7-9H,2-6H2,1H3,(H,13,14). The molecule has 1 saturated heterocycles. The Morgan fingerprint density at radius 3 is 2.67 bits per heavy atom. The van der Waals surface area contributed by atoms with Crippen molar-refractivity contribution in [2.75, 3.05) is 6.54 Å². The van der Waals surface area contributed by atoms with Crippen LogP contribution in [0.2, 0.25) is 0 Å². The predicted molar refractivity (Wildman–Crippen MR) is 54.3 cm³/mol. The first-order chi connectivity index (χ1) is 7.09. The lowest BCUT2D eigenvalue weighted by molar-refractivity contribution is -0.140. The lowest BCUT2D eigenvalue weighted by Gasteiger charge is -2.23. The first-order valence-electron chi connectivity index (χ1n) is 5.62. The zero-order valence-electron chi connectivity index (χ0n) is 8.98. The molecular formula is C11H17NO3. The van der Waals surface area contributed by atoms with Crippen molar-refractivity contribution in [3.05, 3.63) is 0 Å². The average molecular weight is 211 g/mol. The molecule has 1 aliphatic carbocycles. The number of carbonyl (C=O) groups is 2. The van der Waals surface area contributed by atoms with Gasteiger partial charge in [-0.2, -0.15) is 0 Å². The van der Waals surface area contributed by atoms with Crippen LogP contribution in [0.5, 0.6) is 0 Å². The fourth-order valence-corrected chi connectivity index (χ4v) is 2.42. The molecule has 1 saturated carbocycles. The van der Waals surface area contributed by atoms with E-state index in [9.17, 15) is 9.59 Å². The van der Waals surface area contributed by atoms with Crippen LogP contribution in [0.3, 0.4) is 0 Å². The second-order valence-corrected chi connectivity index (χ2v) is 4.75. The molecule has 84 valence electrons. The number of rotatable bonds is 3. The van der Waals surface area contributed by atoms with Gasteiger partial charge in [-0.1, -0.05) is 6.92 Å². The van der Waals surface area contributed by atoms with Gasteiger partial charge in [-0.15, -0.1) is 0 Å². The number of carbonyl (C=O) groups excluding carboxylic acids is 1. The van der Waals surface area contributed by atoms with Crippen LogP contribution >= 0.6 is 0 Å². The molecular weight excluding hydrogens is 194 g/mol.